The fraction of sp³-hybridized carbons (Fsp3) is 0.438. The number of alkyl halides is 1. The van der Waals surface area contributed by atoms with E-state index in [4.69, 9.17) is 16.3 Å². The van der Waals surface area contributed by atoms with Gasteiger partial charge in [-0.15, -0.1) is 16.7 Å². The lowest BCUT2D eigenvalue weighted by molar-refractivity contribution is -0.130. The van der Waals surface area contributed by atoms with Crippen molar-refractivity contribution in [1.82, 2.24) is 24.8 Å². The number of benzene rings is 1. The first kappa shape index (κ1) is 16.7. The minimum atomic E-state index is -0.00145. The van der Waals surface area contributed by atoms with Gasteiger partial charge in [0.15, 0.2) is 0 Å². The van der Waals surface area contributed by atoms with Crippen molar-refractivity contribution < 1.29 is 9.53 Å². The fourth-order valence-corrected chi connectivity index (χ4v) is 2.95. The fourth-order valence-electron chi connectivity index (χ4n) is 2.78. The van der Waals surface area contributed by atoms with Crippen LogP contribution in [0.1, 0.15) is 5.69 Å². The maximum atomic E-state index is 11.6. The molecule has 0 N–H and O–H groups in total. The van der Waals surface area contributed by atoms with Gasteiger partial charge in [-0.3, -0.25) is 9.69 Å². The van der Waals surface area contributed by atoms with Crippen LogP contribution in [-0.4, -0.2) is 69.9 Å². The summed E-state index contributed by atoms with van der Waals surface area (Å²) >= 11 is 5.60. The Hall–Kier alpha value is -2.12. The van der Waals surface area contributed by atoms with E-state index in [2.05, 4.69) is 15.2 Å². The van der Waals surface area contributed by atoms with Crippen molar-refractivity contribution in [2.75, 3.05) is 39.2 Å². The molecule has 128 valence electrons. The van der Waals surface area contributed by atoms with Gasteiger partial charge >= 0.3 is 0 Å². The first-order valence-electron chi connectivity index (χ1n) is 7.82. The average molecular weight is 350 g/mol. The molecule has 2 aromatic rings. The molecule has 3 rings (SSSR count). The van der Waals surface area contributed by atoms with Crippen LogP contribution < -0.4 is 4.74 Å². The van der Waals surface area contributed by atoms with Gasteiger partial charge in [-0.05, 0) is 12.1 Å². The molecule has 24 heavy (non-hydrogen) atoms. The first-order chi connectivity index (χ1) is 11.7. The Kier molecular flexibility index (Phi) is 5.32. The minimum absolute atomic E-state index is 0.00145. The number of piperazine rings is 1. The molecule has 1 saturated heterocycles. The summed E-state index contributed by atoms with van der Waals surface area (Å²) in [7, 11) is 1.64. The zero-order chi connectivity index (χ0) is 16.9. The standard InChI is InChI=1S/C16H20ClN5O2/c1-24-15-5-3-2-4-14(15)22-12-13(18-19-22)11-20-6-8-21(9-7-20)16(23)10-17/h2-5,12H,6-11H2,1H3. The molecule has 0 radical (unpaired) electrons. The molecule has 0 aliphatic carbocycles. The van der Waals surface area contributed by atoms with Crippen LogP contribution in [0.2, 0.25) is 0 Å². The van der Waals surface area contributed by atoms with E-state index in [9.17, 15) is 4.79 Å². The van der Waals surface area contributed by atoms with Crippen molar-refractivity contribution in [3.63, 3.8) is 0 Å². The third kappa shape index (κ3) is 3.68. The number of carbonyl (C=O) groups is 1. The van der Waals surface area contributed by atoms with E-state index in [1.54, 1.807) is 16.7 Å². The molecule has 1 aliphatic heterocycles. The molecule has 1 fully saturated rings. The number of hydrogen-bond acceptors (Lipinski definition) is 5. The van der Waals surface area contributed by atoms with Gasteiger partial charge in [0.05, 0.1) is 19.0 Å². The number of amides is 1. The first-order valence-corrected chi connectivity index (χ1v) is 8.35. The topological polar surface area (TPSA) is 63.5 Å². The van der Waals surface area contributed by atoms with Gasteiger partial charge in [0.25, 0.3) is 0 Å². The van der Waals surface area contributed by atoms with Crippen molar-refractivity contribution in [2.45, 2.75) is 6.54 Å². The molecule has 1 aromatic carbocycles. The van der Waals surface area contributed by atoms with Crippen molar-refractivity contribution in [3.8, 4) is 11.4 Å². The number of nitrogens with zero attached hydrogens (tertiary/aromatic N) is 5. The summed E-state index contributed by atoms with van der Waals surface area (Å²) in [5.74, 6) is 0.799. The molecule has 0 bridgehead atoms. The largest absolute Gasteiger partial charge is 0.494 e. The highest BCUT2D eigenvalue weighted by atomic mass is 35.5. The molecule has 1 aliphatic rings. The number of aromatic nitrogens is 3. The van der Waals surface area contributed by atoms with E-state index < -0.39 is 0 Å². The molecule has 2 heterocycles. The molecule has 0 atom stereocenters. The molecule has 0 spiro atoms. The van der Waals surface area contributed by atoms with Gasteiger partial charge in [-0.25, -0.2) is 4.68 Å². The molecule has 0 saturated carbocycles. The average Bonchev–Trinajstić information content (AvgIpc) is 3.10. The molecule has 1 amide bonds. The van der Waals surface area contributed by atoms with Crippen LogP contribution in [0.3, 0.4) is 0 Å². The second-order valence-corrected chi connectivity index (χ2v) is 5.88. The summed E-state index contributed by atoms with van der Waals surface area (Å²) in [6.07, 6.45) is 1.91. The van der Waals surface area contributed by atoms with Gasteiger partial charge in [0.2, 0.25) is 5.91 Å². The summed E-state index contributed by atoms with van der Waals surface area (Å²) < 4.78 is 7.08. The number of rotatable bonds is 5. The Morgan fingerprint density at radius 2 is 2.00 bits per heavy atom. The highest BCUT2D eigenvalue weighted by Gasteiger charge is 2.21. The molecular formula is C16H20ClN5O2. The molecule has 1 aromatic heterocycles. The Bertz CT molecular complexity index is 697. The maximum absolute atomic E-state index is 11.6. The second kappa shape index (κ2) is 7.63. The van der Waals surface area contributed by atoms with Gasteiger partial charge in [-0.2, -0.15) is 0 Å². The molecule has 8 heteroatoms. The minimum Gasteiger partial charge on any atom is -0.494 e. The summed E-state index contributed by atoms with van der Waals surface area (Å²) in [5, 5.41) is 8.44. The van der Waals surface area contributed by atoms with E-state index in [0.717, 1.165) is 30.2 Å². The second-order valence-electron chi connectivity index (χ2n) is 5.62. The van der Waals surface area contributed by atoms with Crippen molar-refractivity contribution in [2.24, 2.45) is 0 Å². The Morgan fingerprint density at radius 1 is 1.25 bits per heavy atom. The van der Waals surface area contributed by atoms with Crippen LogP contribution >= 0.6 is 11.6 Å². The summed E-state index contributed by atoms with van der Waals surface area (Å²) in [6, 6.07) is 7.69. The van der Waals surface area contributed by atoms with Crippen LogP contribution in [0.4, 0.5) is 0 Å². The lowest BCUT2D eigenvalue weighted by atomic mass is 10.3. The van der Waals surface area contributed by atoms with Crippen LogP contribution in [0.25, 0.3) is 5.69 Å². The Balaban J connectivity index is 1.62. The van der Waals surface area contributed by atoms with Gasteiger partial charge in [-0.1, -0.05) is 17.3 Å². The Labute approximate surface area is 145 Å². The molecule has 7 nitrogen and oxygen atoms in total. The zero-order valence-corrected chi connectivity index (χ0v) is 14.3. The lowest BCUT2D eigenvalue weighted by Crippen LogP contribution is -2.48. The van der Waals surface area contributed by atoms with Crippen molar-refractivity contribution >= 4 is 17.5 Å². The third-order valence-electron chi connectivity index (χ3n) is 4.10. The summed E-state index contributed by atoms with van der Waals surface area (Å²) in [6.45, 7) is 3.73. The van der Waals surface area contributed by atoms with Crippen LogP contribution in [0, 0.1) is 0 Å². The molecular weight excluding hydrogens is 330 g/mol. The number of methoxy groups -OCH3 is 1. The van der Waals surface area contributed by atoms with Crippen molar-refractivity contribution in [1.29, 1.82) is 0 Å². The normalized spacial score (nSPS) is 15.5. The number of ether oxygens (including phenoxy) is 1. The van der Waals surface area contributed by atoms with E-state index in [-0.39, 0.29) is 11.8 Å². The summed E-state index contributed by atoms with van der Waals surface area (Å²) in [4.78, 5) is 15.6. The Morgan fingerprint density at radius 3 is 2.71 bits per heavy atom. The zero-order valence-electron chi connectivity index (χ0n) is 13.6. The number of para-hydroxylation sites is 2. The highest BCUT2D eigenvalue weighted by molar-refractivity contribution is 6.27. The quantitative estimate of drug-likeness (QED) is 0.758. The van der Waals surface area contributed by atoms with Gasteiger partial charge in [0.1, 0.15) is 17.3 Å². The number of carbonyl (C=O) groups excluding carboxylic acids is 1. The van der Waals surface area contributed by atoms with Gasteiger partial charge in [0, 0.05) is 32.7 Å². The number of halogens is 1. The maximum Gasteiger partial charge on any atom is 0.237 e. The van der Waals surface area contributed by atoms with E-state index in [0.29, 0.717) is 19.6 Å². The van der Waals surface area contributed by atoms with Crippen molar-refractivity contribution in [3.05, 3.63) is 36.2 Å². The van der Waals surface area contributed by atoms with Crippen LogP contribution in [-0.2, 0) is 11.3 Å². The van der Waals surface area contributed by atoms with Gasteiger partial charge < -0.3 is 9.64 Å². The molecule has 0 unspecified atom stereocenters. The third-order valence-corrected chi connectivity index (χ3v) is 4.33. The van der Waals surface area contributed by atoms with E-state index in [1.165, 1.54) is 0 Å². The lowest BCUT2D eigenvalue weighted by Gasteiger charge is -2.33. The van der Waals surface area contributed by atoms with E-state index in [1.807, 2.05) is 30.5 Å². The summed E-state index contributed by atoms with van der Waals surface area (Å²) in [5.41, 5.74) is 1.74. The predicted molar refractivity (Wildman–Crippen MR) is 90.5 cm³/mol. The van der Waals surface area contributed by atoms with E-state index >= 15 is 0 Å². The SMILES string of the molecule is COc1ccccc1-n1cc(CN2CCN(C(=O)CCl)CC2)nn1. The monoisotopic (exact) mass is 349 g/mol. The van der Waals surface area contributed by atoms with Crippen LogP contribution in [0.5, 0.6) is 5.75 Å². The smallest absolute Gasteiger partial charge is 0.237 e. The van der Waals surface area contributed by atoms with Crippen LogP contribution in [0.15, 0.2) is 30.5 Å². The predicted octanol–water partition coefficient (Wildman–Crippen LogP) is 1.16. The number of hydrogen-bond donors (Lipinski definition) is 0. The highest BCUT2D eigenvalue weighted by Crippen LogP contribution is 2.21.